The largest absolute Gasteiger partial charge is 0.409 e. The molecule has 4 N–H and O–H groups in total. The van der Waals surface area contributed by atoms with Gasteiger partial charge < -0.3 is 16.3 Å². The molecule has 0 heterocycles. The molecule has 1 aromatic carbocycles. The van der Waals surface area contributed by atoms with Crippen molar-refractivity contribution in [1.82, 2.24) is 5.32 Å². The van der Waals surface area contributed by atoms with Gasteiger partial charge in [0, 0.05) is 23.4 Å². The van der Waals surface area contributed by atoms with E-state index in [0.717, 1.165) is 18.4 Å². The van der Waals surface area contributed by atoms with E-state index in [-0.39, 0.29) is 11.7 Å². The molecule has 2 atom stereocenters. The lowest BCUT2D eigenvalue weighted by molar-refractivity contribution is 0.318. The maximum absolute atomic E-state index is 13.3. The van der Waals surface area contributed by atoms with Gasteiger partial charge >= 0.3 is 0 Å². The van der Waals surface area contributed by atoms with Gasteiger partial charge in [-0.1, -0.05) is 17.6 Å². The Bertz CT molecular complexity index is 510. The molecule has 0 spiro atoms. The molecule has 6 heteroatoms. The lowest BCUT2D eigenvalue weighted by Crippen LogP contribution is -2.35. The van der Waals surface area contributed by atoms with E-state index in [1.54, 1.807) is 6.07 Å². The molecule has 1 aliphatic carbocycles. The molecule has 1 aliphatic rings. The summed E-state index contributed by atoms with van der Waals surface area (Å²) < 4.78 is 13.3. The highest BCUT2D eigenvalue weighted by molar-refractivity contribution is 7.99. The number of nitrogens with two attached hydrogens (primary N) is 1. The number of nitrogens with zero attached hydrogens (tertiary/aromatic N) is 1. The molecule has 1 fully saturated rings. The fourth-order valence-corrected chi connectivity index (χ4v) is 3.62. The van der Waals surface area contributed by atoms with E-state index >= 15 is 0 Å². The van der Waals surface area contributed by atoms with E-state index in [2.05, 4.69) is 16.7 Å². The number of nitrogens with one attached hydrogen (secondary N) is 1. The van der Waals surface area contributed by atoms with Crippen LogP contribution in [0, 0.1) is 5.82 Å². The van der Waals surface area contributed by atoms with Crippen LogP contribution in [0.25, 0.3) is 0 Å². The van der Waals surface area contributed by atoms with E-state index in [0.29, 0.717) is 23.4 Å². The lowest BCUT2D eigenvalue weighted by atomic mass is 9.94. The van der Waals surface area contributed by atoms with Crippen LogP contribution in [0.1, 0.15) is 36.8 Å². The van der Waals surface area contributed by atoms with Crippen molar-refractivity contribution in [1.29, 1.82) is 0 Å². The standard InChI is InChI=1S/C15H22FN3OS/c1-21-13-4-2-3-12(8-13)18-9-10-5-6-11(16)7-14(10)15(17)19-20/h5-7,12-13,18,20H,2-4,8-9H2,1H3,(H2,17,19). The molecule has 1 saturated carbocycles. The molecule has 0 aromatic heterocycles. The number of rotatable bonds is 5. The van der Waals surface area contributed by atoms with Crippen molar-refractivity contribution in [3.63, 3.8) is 0 Å². The number of hydrogen-bond acceptors (Lipinski definition) is 4. The summed E-state index contributed by atoms with van der Waals surface area (Å²) in [7, 11) is 0. The molecule has 116 valence electrons. The average molecular weight is 311 g/mol. The van der Waals surface area contributed by atoms with E-state index in [9.17, 15) is 4.39 Å². The number of oxime groups is 1. The Morgan fingerprint density at radius 3 is 3.05 bits per heavy atom. The maximum atomic E-state index is 13.3. The van der Waals surface area contributed by atoms with Crippen LogP contribution in [0.5, 0.6) is 0 Å². The second-order valence-electron chi connectivity index (χ2n) is 5.39. The molecule has 0 bridgehead atoms. The quantitative estimate of drug-likeness (QED) is 0.338. The highest BCUT2D eigenvalue weighted by atomic mass is 32.2. The Labute approximate surface area is 129 Å². The fourth-order valence-electron chi connectivity index (χ4n) is 2.79. The van der Waals surface area contributed by atoms with E-state index in [1.165, 1.54) is 25.0 Å². The van der Waals surface area contributed by atoms with Gasteiger partial charge in [0.1, 0.15) is 5.82 Å². The summed E-state index contributed by atoms with van der Waals surface area (Å²) in [6.07, 6.45) is 6.99. The van der Waals surface area contributed by atoms with Crippen molar-refractivity contribution in [2.45, 2.75) is 43.5 Å². The normalized spacial score (nSPS) is 23.2. The van der Waals surface area contributed by atoms with E-state index in [1.807, 2.05) is 11.8 Å². The first-order valence-corrected chi connectivity index (χ1v) is 8.45. The minimum absolute atomic E-state index is 0.0584. The highest BCUT2D eigenvalue weighted by Gasteiger charge is 2.21. The predicted octanol–water partition coefficient (Wildman–Crippen LogP) is 2.68. The van der Waals surface area contributed by atoms with Crippen LogP contribution < -0.4 is 11.1 Å². The summed E-state index contributed by atoms with van der Waals surface area (Å²) in [6, 6.07) is 4.86. The Hall–Kier alpha value is -1.27. The average Bonchev–Trinajstić information content (AvgIpc) is 2.53. The first-order chi connectivity index (χ1) is 10.1. The first-order valence-electron chi connectivity index (χ1n) is 7.16. The number of amidine groups is 1. The molecule has 2 unspecified atom stereocenters. The molecule has 1 aromatic rings. The summed E-state index contributed by atoms with van der Waals surface area (Å²) >= 11 is 1.92. The summed E-state index contributed by atoms with van der Waals surface area (Å²) in [5.74, 6) is -0.447. The second-order valence-corrected chi connectivity index (χ2v) is 6.53. The minimum atomic E-state index is -0.388. The van der Waals surface area contributed by atoms with Gasteiger partial charge in [0.15, 0.2) is 5.84 Å². The fraction of sp³-hybridized carbons (Fsp3) is 0.533. The van der Waals surface area contributed by atoms with Crippen molar-refractivity contribution in [2.75, 3.05) is 6.26 Å². The zero-order valence-corrected chi connectivity index (χ0v) is 13.0. The molecule has 0 radical (unpaired) electrons. The van der Waals surface area contributed by atoms with E-state index < -0.39 is 0 Å². The Balaban J connectivity index is 2.03. The predicted molar refractivity (Wildman–Crippen MR) is 85.3 cm³/mol. The van der Waals surface area contributed by atoms with Gasteiger partial charge in [0.25, 0.3) is 0 Å². The van der Waals surface area contributed by atoms with Gasteiger partial charge in [-0.2, -0.15) is 11.8 Å². The summed E-state index contributed by atoms with van der Waals surface area (Å²) in [6.45, 7) is 0.595. The summed E-state index contributed by atoms with van der Waals surface area (Å²) in [5.41, 5.74) is 6.91. The Morgan fingerprint density at radius 2 is 2.33 bits per heavy atom. The van der Waals surface area contributed by atoms with Crippen LogP contribution in [-0.2, 0) is 6.54 Å². The van der Waals surface area contributed by atoms with E-state index in [4.69, 9.17) is 10.9 Å². The van der Waals surface area contributed by atoms with Crippen molar-refractivity contribution < 1.29 is 9.60 Å². The molecule has 4 nitrogen and oxygen atoms in total. The molecule has 0 aliphatic heterocycles. The van der Waals surface area contributed by atoms with Crippen LogP contribution in [0.15, 0.2) is 23.4 Å². The van der Waals surface area contributed by atoms with Crippen LogP contribution in [0.4, 0.5) is 4.39 Å². The number of benzene rings is 1. The third-order valence-corrected chi connectivity index (χ3v) is 5.09. The van der Waals surface area contributed by atoms with Crippen LogP contribution in [0.2, 0.25) is 0 Å². The monoisotopic (exact) mass is 311 g/mol. The topological polar surface area (TPSA) is 70.6 Å². The van der Waals surface area contributed by atoms with Crippen molar-refractivity contribution >= 4 is 17.6 Å². The third kappa shape index (κ3) is 4.35. The second kappa shape index (κ2) is 7.66. The van der Waals surface area contributed by atoms with Crippen LogP contribution in [0.3, 0.4) is 0 Å². The SMILES string of the molecule is CSC1CCCC(NCc2ccc(F)cc2/C(N)=N/O)C1. The van der Waals surface area contributed by atoms with Crippen molar-refractivity contribution in [3.05, 3.63) is 35.1 Å². The van der Waals surface area contributed by atoms with Gasteiger partial charge in [0.05, 0.1) is 0 Å². The number of hydrogen-bond donors (Lipinski definition) is 3. The van der Waals surface area contributed by atoms with Gasteiger partial charge in [-0.15, -0.1) is 0 Å². The minimum Gasteiger partial charge on any atom is -0.409 e. The Kier molecular flexibility index (Phi) is 5.87. The summed E-state index contributed by atoms with van der Waals surface area (Å²) in [5, 5.41) is 16.0. The maximum Gasteiger partial charge on any atom is 0.170 e. The first kappa shape index (κ1) is 16.1. The smallest absolute Gasteiger partial charge is 0.170 e. The molecule has 2 rings (SSSR count). The van der Waals surface area contributed by atoms with Gasteiger partial charge in [-0.25, -0.2) is 4.39 Å². The van der Waals surface area contributed by atoms with Gasteiger partial charge in [-0.3, -0.25) is 0 Å². The molecule has 0 amide bonds. The molecular weight excluding hydrogens is 289 g/mol. The van der Waals surface area contributed by atoms with Crippen LogP contribution in [-0.4, -0.2) is 28.6 Å². The number of halogens is 1. The van der Waals surface area contributed by atoms with Crippen LogP contribution >= 0.6 is 11.8 Å². The van der Waals surface area contributed by atoms with Gasteiger partial charge in [0.2, 0.25) is 0 Å². The van der Waals surface area contributed by atoms with Crippen molar-refractivity contribution in [2.24, 2.45) is 10.9 Å². The Morgan fingerprint density at radius 1 is 1.52 bits per heavy atom. The molecular formula is C15H22FN3OS. The zero-order valence-electron chi connectivity index (χ0n) is 12.2. The lowest BCUT2D eigenvalue weighted by Gasteiger charge is -2.29. The summed E-state index contributed by atoms with van der Waals surface area (Å²) in [4.78, 5) is 0. The third-order valence-electron chi connectivity index (χ3n) is 4.00. The molecule has 0 saturated heterocycles. The number of thioether (sulfide) groups is 1. The van der Waals surface area contributed by atoms with Crippen molar-refractivity contribution in [3.8, 4) is 0 Å². The zero-order chi connectivity index (χ0) is 15.2. The highest BCUT2D eigenvalue weighted by Crippen LogP contribution is 2.27. The molecule has 21 heavy (non-hydrogen) atoms. The van der Waals surface area contributed by atoms with Gasteiger partial charge in [-0.05, 0) is 43.2 Å².